The first-order valence-electron chi connectivity index (χ1n) is 9.28. The Balaban J connectivity index is 1.49. The second-order valence-electron chi connectivity index (χ2n) is 6.80. The summed E-state index contributed by atoms with van der Waals surface area (Å²) in [7, 11) is 0. The van der Waals surface area contributed by atoms with E-state index in [1.54, 1.807) is 30.3 Å². The number of ketones is 1. The number of nitrogen functional groups attached to an aromatic ring is 2. The standard InChI is InChI=1S/C21H27N3O2/c22-19-10-7-17(15-20(19)23)21(25)16-5-8-18(9-6-16)26-14-4-13-24-11-2-1-3-12-24/h5-10,15H,1-4,11-14,22-23H2. The van der Waals surface area contributed by atoms with Crippen molar-refractivity contribution < 1.29 is 9.53 Å². The molecule has 0 atom stereocenters. The first kappa shape index (κ1) is 18.3. The SMILES string of the molecule is Nc1ccc(C(=O)c2ccc(OCCCN3CCCCC3)cc2)cc1N. The summed E-state index contributed by atoms with van der Waals surface area (Å²) in [5.74, 6) is 0.713. The van der Waals surface area contributed by atoms with E-state index in [0.717, 1.165) is 18.7 Å². The maximum absolute atomic E-state index is 12.5. The predicted molar refractivity (Wildman–Crippen MR) is 106 cm³/mol. The van der Waals surface area contributed by atoms with Crippen molar-refractivity contribution in [1.29, 1.82) is 0 Å². The van der Waals surface area contributed by atoms with Gasteiger partial charge in [-0.1, -0.05) is 6.42 Å². The molecule has 0 radical (unpaired) electrons. The van der Waals surface area contributed by atoms with Crippen molar-refractivity contribution in [1.82, 2.24) is 4.90 Å². The highest BCUT2D eigenvalue weighted by Crippen LogP contribution is 2.20. The molecule has 1 heterocycles. The lowest BCUT2D eigenvalue weighted by atomic mass is 10.0. The fourth-order valence-electron chi connectivity index (χ4n) is 3.25. The molecule has 5 nitrogen and oxygen atoms in total. The van der Waals surface area contributed by atoms with E-state index in [-0.39, 0.29) is 5.78 Å². The van der Waals surface area contributed by atoms with Gasteiger partial charge in [0.15, 0.2) is 5.78 Å². The quantitative estimate of drug-likeness (QED) is 0.453. The number of benzene rings is 2. The Hall–Kier alpha value is -2.53. The molecule has 0 spiro atoms. The normalized spacial score (nSPS) is 14.9. The summed E-state index contributed by atoms with van der Waals surface area (Å²) < 4.78 is 5.80. The Morgan fingerprint density at radius 3 is 2.31 bits per heavy atom. The van der Waals surface area contributed by atoms with Gasteiger partial charge in [-0.2, -0.15) is 0 Å². The number of rotatable bonds is 7. The molecular weight excluding hydrogens is 326 g/mol. The number of ether oxygens (including phenoxy) is 1. The van der Waals surface area contributed by atoms with Crippen molar-refractivity contribution in [3.8, 4) is 5.75 Å². The molecular formula is C21H27N3O2. The molecule has 138 valence electrons. The highest BCUT2D eigenvalue weighted by molar-refractivity contribution is 6.09. The molecule has 2 aromatic carbocycles. The van der Waals surface area contributed by atoms with Crippen LogP contribution in [0.5, 0.6) is 5.75 Å². The smallest absolute Gasteiger partial charge is 0.193 e. The van der Waals surface area contributed by atoms with E-state index < -0.39 is 0 Å². The summed E-state index contributed by atoms with van der Waals surface area (Å²) >= 11 is 0. The van der Waals surface area contributed by atoms with Crippen LogP contribution in [-0.4, -0.2) is 36.9 Å². The van der Waals surface area contributed by atoms with Gasteiger partial charge in [0.1, 0.15) is 5.75 Å². The average Bonchev–Trinajstić information content (AvgIpc) is 2.68. The first-order valence-corrected chi connectivity index (χ1v) is 9.28. The fraction of sp³-hybridized carbons (Fsp3) is 0.381. The molecule has 0 amide bonds. The van der Waals surface area contributed by atoms with Gasteiger partial charge in [0.2, 0.25) is 0 Å². The molecule has 26 heavy (non-hydrogen) atoms. The lowest BCUT2D eigenvalue weighted by Crippen LogP contribution is -2.31. The number of piperidine rings is 1. The number of likely N-dealkylation sites (tertiary alicyclic amines) is 1. The molecule has 0 aromatic heterocycles. The molecule has 3 rings (SSSR count). The third kappa shape index (κ3) is 4.76. The number of anilines is 2. The van der Waals surface area contributed by atoms with Crippen molar-refractivity contribution in [2.45, 2.75) is 25.7 Å². The van der Waals surface area contributed by atoms with Crippen LogP contribution in [0, 0.1) is 0 Å². The molecule has 1 fully saturated rings. The van der Waals surface area contributed by atoms with Crippen LogP contribution in [0.2, 0.25) is 0 Å². The lowest BCUT2D eigenvalue weighted by Gasteiger charge is -2.26. The maximum atomic E-state index is 12.5. The summed E-state index contributed by atoms with van der Waals surface area (Å²) in [6, 6.07) is 12.2. The van der Waals surface area contributed by atoms with Crippen LogP contribution >= 0.6 is 0 Å². The number of nitrogens with two attached hydrogens (primary N) is 2. The highest BCUT2D eigenvalue weighted by atomic mass is 16.5. The molecule has 5 heteroatoms. The molecule has 0 bridgehead atoms. The largest absolute Gasteiger partial charge is 0.494 e. The van der Waals surface area contributed by atoms with E-state index in [1.807, 2.05) is 12.1 Å². The molecule has 1 aliphatic heterocycles. The van der Waals surface area contributed by atoms with Gasteiger partial charge in [0.25, 0.3) is 0 Å². The average molecular weight is 353 g/mol. The van der Waals surface area contributed by atoms with Crippen LogP contribution in [0.25, 0.3) is 0 Å². The summed E-state index contributed by atoms with van der Waals surface area (Å²) in [4.78, 5) is 15.0. The Morgan fingerprint density at radius 2 is 1.62 bits per heavy atom. The lowest BCUT2D eigenvalue weighted by molar-refractivity contribution is 0.103. The van der Waals surface area contributed by atoms with Crippen LogP contribution in [0.4, 0.5) is 11.4 Å². The van der Waals surface area contributed by atoms with E-state index >= 15 is 0 Å². The monoisotopic (exact) mass is 353 g/mol. The van der Waals surface area contributed by atoms with E-state index in [2.05, 4.69) is 4.90 Å². The number of hydrogen-bond donors (Lipinski definition) is 2. The number of hydrogen-bond acceptors (Lipinski definition) is 5. The van der Waals surface area contributed by atoms with Crippen molar-refractivity contribution in [3.63, 3.8) is 0 Å². The Bertz CT molecular complexity index is 737. The van der Waals surface area contributed by atoms with E-state index in [9.17, 15) is 4.79 Å². The van der Waals surface area contributed by atoms with Gasteiger partial charge in [-0.25, -0.2) is 0 Å². The fourth-order valence-corrected chi connectivity index (χ4v) is 3.25. The minimum atomic E-state index is -0.0756. The van der Waals surface area contributed by atoms with Crippen LogP contribution in [-0.2, 0) is 0 Å². The van der Waals surface area contributed by atoms with Crippen LogP contribution in [0.15, 0.2) is 42.5 Å². The van der Waals surface area contributed by atoms with E-state index in [1.165, 1.54) is 32.4 Å². The van der Waals surface area contributed by atoms with Crippen molar-refractivity contribution in [2.75, 3.05) is 37.7 Å². The van der Waals surface area contributed by atoms with Gasteiger partial charge < -0.3 is 21.1 Å². The topological polar surface area (TPSA) is 81.6 Å². The van der Waals surface area contributed by atoms with Crippen molar-refractivity contribution in [2.24, 2.45) is 0 Å². The molecule has 4 N–H and O–H groups in total. The molecule has 0 unspecified atom stereocenters. The summed E-state index contributed by atoms with van der Waals surface area (Å²) in [6.45, 7) is 4.21. The van der Waals surface area contributed by atoms with Crippen molar-refractivity contribution >= 4 is 17.2 Å². The maximum Gasteiger partial charge on any atom is 0.193 e. The second-order valence-corrected chi connectivity index (χ2v) is 6.80. The summed E-state index contributed by atoms with van der Waals surface area (Å²) in [5.41, 5.74) is 13.5. The first-order chi connectivity index (χ1) is 12.6. The zero-order valence-electron chi connectivity index (χ0n) is 15.1. The van der Waals surface area contributed by atoms with Crippen LogP contribution in [0.1, 0.15) is 41.6 Å². The van der Waals surface area contributed by atoms with Crippen molar-refractivity contribution in [3.05, 3.63) is 53.6 Å². The van der Waals surface area contributed by atoms with E-state index in [0.29, 0.717) is 29.1 Å². The van der Waals surface area contributed by atoms with Gasteiger partial charge >= 0.3 is 0 Å². The minimum Gasteiger partial charge on any atom is -0.494 e. The third-order valence-corrected chi connectivity index (χ3v) is 4.80. The summed E-state index contributed by atoms with van der Waals surface area (Å²) in [6.07, 6.45) is 5.01. The molecule has 1 aliphatic rings. The van der Waals surface area contributed by atoms with Gasteiger partial charge in [-0.15, -0.1) is 0 Å². The number of carbonyl (C=O) groups is 1. The Morgan fingerprint density at radius 1 is 0.923 bits per heavy atom. The Kier molecular flexibility index (Phi) is 6.12. The zero-order valence-corrected chi connectivity index (χ0v) is 15.1. The van der Waals surface area contributed by atoms with Gasteiger partial charge in [0, 0.05) is 17.7 Å². The molecule has 0 saturated carbocycles. The number of carbonyl (C=O) groups excluding carboxylic acids is 1. The Labute approximate surface area is 154 Å². The van der Waals surface area contributed by atoms with Crippen LogP contribution < -0.4 is 16.2 Å². The molecule has 0 aliphatic carbocycles. The molecule has 1 saturated heterocycles. The number of nitrogens with zero attached hydrogens (tertiary/aromatic N) is 1. The van der Waals surface area contributed by atoms with Gasteiger partial charge in [-0.05, 0) is 74.8 Å². The van der Waals surface area contributed by atoms with Gasteiger partial charge in [-0.3, -0.25) is 4.79 Å². The molecule has 2 aromatic rings. The third-order valence-electron chi connectivity index (χ3n) is 4.80. The summed E-state index contributed by atoms with van der Waals surface area (Å²) in [5, 5.41) is 0. The highest BCUT2D eigenvalue weighted by Gasteiger charge is 2.11. The second kappa shape index (κ2) is 8.72. The zero-order chi connectivity index (χ0) is 18.4. The predicted octanol–water partition coefficient (Wildman–Crippen LogP) is 3.34. The van der Waals surface area contributed by atoms with Gasteiger partial charge in [0.05, 0.1) is 18.0 Å². The van der Waals surface area contributed by atoms with Crippen LogP contribution in [0.3, 0.4) is 0 Å². The van der Waals surface area contributed by atoms with E-state index in [4.69, 9.17) is 16.2 Å². The minimum absolute atomic E-state index is 0.0756.